The zero-order chi connectivity index (χ0) is 18.8. The van der Waals surface area contributed by atoms with E-state index in [0.717, 1.165) is 37.4 Å². The average Bonchev–Trinajstić information content (AvgIpc) is 3.15. The molecule has 0 spiro atoms. The van der Waals surface area contributed by atoms with Crippen molar-refractivity contribution >= 4 is 28.6 Å². The summed E-state index contributed by atoms with van der Waals surface area (Å²) in [5, 5.41) is 11.0. The fraction of sp³-hybridized carbons (Fsp3) is 0.444. The second-order valence-corrected chi connectivity index (χ2v) is 6.67. The van der Waals surface area contributed by atoms with E-state index in [2.05, 4.69) is 37.4 Å². The molecule has 0 radical (unpaired) electrons. The summed E-state index contributed by atoms with van der Waals surface area (Å²) in [6, 6.07) is 5.54. The van der Waals surface area contributed by atoms with Gasteiger partial charge in [0.1, 0.15) is 11.5 Å². The lowest BCUT2D eigenvalue weighted by atomic mass is 9.99. The van der Waals surface area contributed by atoms with Crippen molar-refractivity contribution in [2.45, 2.75) is 19.8 Å². The highest BCUT2D eigenvalue weighted by Crippen LogP contribution is 2.35. The summed E-state index contributed by atoms with van der Waals surface area (Å²) >= 11 is 0. The maximum Gasteiger partial charge on any atom is 0.245 e. The molecule has 1 N–H and O–H groups in total. The first-order chi connectivity index (χ1) is 13.2. The zero-order valence-corrected chi connectivity index (χ0v) is 15.6. The molecule has 0 bridgehead atoms. The molecule has 0 aliphatic carbocycles. The van der Waals surface area contributed by atoms with E-state index in [1.807, 2.05) is 18.2 Å². The molecule has 9 nitrogen and oxygen atoms in total. The Morgan fingerprint density at radius 2 is 1.81 bits per heavy atom. The van der Waals surface area contributed by atoms with E-state index in [-0.39, 0.29) is 0 Å². The molecule has 0 atom stereocenters. The van der Waals surface area contributed by atoms with Gasteiger partial charge in [-0.2, -0.15) is 0 Å². The number of hydrogen-bond donors (Lipinski definition) is 1. The van der Waals surface area contributed by atoms with E-state index in [0.29, 0.717) is 34.5 Å². The maximum absolute atomic E-state index is 5.46. The largest absolute Gasteiger partial charge is 0.497 e. The molecule has 0 amide bonds. The summed E-state index contributed by atoms with van der Waals surface area (Å²) < 4.78 is 15.6. The Bertz CT molecular complexity index is 936. The number of nitrogens with one attached hydrogen (secondary N) is 1. The highest BCUT2D eigenvalue weighted by molar-refractivity contribution is 5.79. The minimum Gasteiger partial charge on any atom is -0.497 e. The highest BCUT2D eigenvalue weighted by atomic mass is 16.6. The van der Waals surface area contributed by atoms with Crippen molar-refractivity contribution < 1.29 is 14.1 Å². The number of methoxy groups -OCH3 is 2. The number of aromatic nitrogens is 4. The Balaban J connectivity index is 1.75. The van der Waals surface area contributed by atoms with Crippen molar-refractivity contribution in [1.82, 2.24) is 20.3 Å². The summed E-state index contributed by atoms with van der Waals surface area (Å²) in [6.45, 7) is 4.10. The van der Waals surface area contributed by atoms with Gasteiger partial charge in [-0.1, -0.05) is 6.92 Å². The third kappa shape index (κ3) is 3.44. The highest BCUT2D eigenvalue weighted by Gasteiger charge is 2.23. The van der Waals surface area contributed by atoms with Crippen molar-refractivity contribution in [3.8, 4) is 11.5 Å². The summed E-state index contributed by atoms with van der Waals surface area (Å²) in [5.41, 5.74) is 1.48. The molecular formula is C18H22N6O3. The van der Waals surface area contributed by atoms with Gasteiger partial charge in [-0.15, -0.1) is 0 Å². The number of rotatable bonds is 5. The van der Waals surface area contributed by atoms with Crippen molar-refractivity contribution in [1.29, 1.82) is 0 Å². The van der Waals surface area contributed by atoms with Gasteiger partial charge in [-0.05, 0) is 41.2 Å². The van der Waals surface area contributed by atoms with E-state index >= 15 is 0 Å². The monoisotopic (exact) mass is 370 g/mol. The lowest BCUT2D eigenvalue weighted by Crippen LogP contribution is -2.34. The molecule has 3 aromatic rings. The molecule has 4 rings (SSSR count). The van der Waals surface area contributed by atoms with Crippen LogP contribution >= 0.6 is 0 Å². The topological polar surface area (TPSA) is 98.4 Å². The second-order valence-electron chi connectivity index (χ2n) is 6.67. The van der Waals surface area contributed by atoms with Crippen LogP contribution in [-0.2, 0) is 0 Å². The molecule has 1 fully saturated rings. The third-order valence-electron chi connectivity index (χ3n) is 4.84. The van der Waals surface area contributed by atoms with Crippen LogP contribution in [0.1, 0.15) is 19.8 Å². The van der Waals surface area contributed by atoms with E-state index in [1.54, 1.807) is 14.2 Å². The Morgan fingerprint density at radius 3 is 2.52 bits per heavy atom. The van der Waals surface area contributed by atoms with Crippen molar-refractivity contribution in [2.24, 2.45) is 5.92 Å². The summed E-state index contributed by atoms with van der Waals surface area (Å²) in [4.78, 5) is 11.4. The number of ether oxygens (including phenoxy) is 2. The van der Waals surface area contributed by atoms with Gasteiger partial charge < -0.3 is 19.7 Å². The van der Waals surface area contributed by atoms with Crippen molar-refractivity contribution in [3.05, 3.63) is 18.2 Å². The van der Waals surface area contributed by atoms with Crippen LogP contribution < -0.4 is 19.7 Å². The molecule has 1 aliphatic rings. The van der Waals surface area contributed by atoms with Crippen LogP contribution in [0, 0.1) is 5.92 Å². The quantitative estimate of drug-likeness (QED) is 0.726. The van der Waals surface area contributed by atoms with Gasteiger partial charge in [0, 0.05) is 19.2 Å². The van der Waals surface area contributed by atoms with Crippen LogP contribution in [-0.4, -0.2) is 47.6 Å². The van der Waals surface area contributed by atoms with Gasteiger partial charge in [0.25, 0.3) is 0 Å². The van der Waals surface area contributed by atoms with Crippen LogP contribution in [0.3, 0.4) is 0 Å². The van der Waals surface area contributed by atoms with Gasteiger partial charge >= 0.3 is 0 Å². The lowest BCUT2D eigenvalue weighted by molar-refractivity contribution is 0.314. The smallest absolute Gasteiger partial charge is 0.245 e. The fourth-order valence-corrected chi connectivity index (χ4v) is 3.19. The van der Waals surface area contributed by atoms with Gasteiger partial charge in [0.2, 0.25) is 11.3 Å². The second kappa shape index (κ2) is 7.26. The number of anilines is 3. The molecule has 0 saturated carbocycles. The Kier molecular flexibility index (Phi) is 4.66. The average molecular weight is 370 g/mol. The third-order valence-corrected chi connectivity index (χ3v) is 4.84. The van der Waals surface area contributed by atoms with Gasteiger partial charge in [-0.3, -0.25) is 0 Å². The maximum atomic E-state index is 5.46. The van der Waals surface area contributed by atoms with Crippen LogP contribution in [0.5, 0.6) is 11.5 Å². The first-order valence-corrected chi connectivity index (χ1v) is 8.92. The van der Waals surface area contributed by atoms with Gasteiger partial charge in [-0.25, -0.2) is 14.6 Å². The number of benzene rings is 1. The molecule has 0 unspecified atom stereocenters. The number of piperidine rings is 1. The van der Waals surface area contributed by atoms with Crippen LogP contribution in [0.25, 0.3) is 11.3 Å². The van der Waals surface area contributed by atoms with Crippen LogP contribution in [0.15, 0.2) is 22.8 Å². The normalized spacial score (nSPS) is 15.1. The van der Waals surface area contributed by atoms with Crippen molar-refractivity contribution in [2.75, 3.05) is 37.5 Å². The molecule has 142 valence electrons. The minimum atomic E-state index is 0.355. The van der Waals surface area contributed by atoms with E-state index < -0.39 is 0 Å². The molecule has 1 aliphatic heterocycles. The SMILES string of the molecule is COc1ccc(OC)c(Nc2nc3nonc3nc2N2CCC(C)CC2)c1. The Morgan fingerprint density at radius 1 is 1.07 bits per heavy atom. The van der Waals surface area contributed by atoms with Gasteiger partial charge in [0.15, 0.2) is 11.6 Å². The lowest BCUT2D eigenvalue weighted by Gasteiger charge is -2.32. The molecular weight excluding hydrogens is 348 g/mol. The molecule has 27 heavy (non-hydrogen) atoms. The molecule has 1 aromatic carbocycles. The van der Waals surface area contributed by atoms with Gasteiger partial charge in [0.05, 0.1) is 19.9 Å². The minimum absolute atomic E-state index is 0.355. The number of nitrogens with zero attached hydrogens (tertiary/aromatic N) is 5. The first-order valence-electron chi connectivity index (χ1n) is 8.92. The standard InChI is InChI=1S/C18H22N6O3/c1-11-6-8-24(9-7-11)18-17(20-15-16(21-18)23-27-22-15)19-13-10-12(25-2)4-5-14(13)26-3/h4-5,10-11H,6-9H2,1-3H3,(H,19,20,22). The van der Waals surface area contributed by atoms with Crippen molar-refractivity contribution in [3.63, 3.8) is 0 Å². The van der Waals surface area contributed by atoms with Crippen LogP contribution in [0.4, 0.5) is 17.3 Å². The summed E-state index contributed by atoms with van der Waals surface area (Å²) in [5.74, 6) is 3.41. The zero-order valence-electron chi connectivity index (χ0n) is 15.6. The number of fused-ring (bicyclic) bond motifs is 1. The molecule has 3 heterocycles. The Hall–Kier alpha value is -3.10. The number of hydrogen-bond acceptors (Lipinski definition) is 9. The Labute approximate surface area is 156 Å². The first kappa shape index (κ1) is 17.3. The molecule has 1 saturated heterocycles. The summed E-state index contributed by atoms with van der Waals surface area (Å²) in [6.07, 6.45) is 2.22. The fourth-order valence-electron chi connectivity index (χ4n) is 3.19. The molecule has 9 heteroatoms. The van der Waals surface area contributed by atoms with E-state index in [1.165, 1.54) is 0 Å². The predicted molar refractivity (Wildman–Crippen MR) is 101 cm³/mol. The van der Waals surface area contributed by atoms with Crippen LogP contribution in [0.2, 0.25) is 0 Å². The molecule has 2 aromatic heterocycles. The van der Waals surface area contributed by atoms with E-state index in [4.69, 9.17) is 14.1 Å². The van der Waals surface area contributed by atoms with E-state index in [9.17, 15) is 0 Å². The summed E-state index contributed by atoms with van der Waals surface area (Å²) in [7, 11) is 3.25. The predicted octanol–water partition coefficient (Wildman–Crippen LogP) is 3.01.